The summed E-state index contributed by atoms with van der Waals surface area (Å²) in [6.07, 6.45) is 3.14. The highest BCUT2D eigenvalue weighted by atomic mass is 32.2. The molecule has 1 heterocycles. The van der Waals surface area contributed by atoms with Gasteiger partial charge in [0.05, 0.1) is 13.2 Å². The van der Waals surface area contributed by atoms with Crippen LogP contribution in [0.4, 0.5) is 14.9 Å². The van der Waals surface area contributed by atoms with Crippen LogP contribution in [0.25, 0.3) is 6.08 Å². The standard InChI is InChI=1S/C25H32FN3O5S/c1-5-6-19-7-12-24-22(13-19)34-23(17(2)14-29(18(3)16-30)35(24,32)33)15-28(4)25(31)27-21-10-8-20(26)9-11-21/h5-13,17-18,23,30H,14-16H2,1-4H3,(H,27,31)/b6-5+/t17-,18+,23-/m0/s1. The van der Waals surface area contributed by atoms with Crippen LogP contribution in [0.5, 0.6) is 5.75 Å². The lowest BCUT2D eigenvalue weighted by Gasteiger charge is -2.37. The molecule has 0 radical (unpaired) electrons. The topological polar surface area (TPSA) is 99.2 Å². The van der Waals surface area contributed by atoms with Gasteiger partial charge in [-0.3, -0.25) is 0 Å². The molecule has 190 valence electrons. The number of carbonyl (C=O) groups is 1. The first-order chi connectivity index (χ1) is 16.6. The van der Waals surface area contributed by atoms with Crippen molar-refractivity contribution in [2.24, 2.45) is 5.92 Å². The first-order valence-electron chi connectivity index (χ1n) is 11.4. The van der Waals surface area contributed by atoms with Crippen molar-refractivity contribution in [2.45, 2.75) is 37.8 Å². The van der Waals surface area contributed by atoms with Crippen molar-refractivity contribution in [1.29, 1.82) is 0 Å². The lowest BCUT2D eigenvalue weighted by atomic mass is 10.0. The van der Waals surface area contributed by atoms with Crippen molar-refractivity contribution in [3.8, 4) is 5.75 Å². The molecule has 0 spiro atoms. The van der Waals surface area contributed by atoms with Gasteiger partial charge < -0.3 is 20.1 Å². The van der Waals surface area contributed by atoms with E-state index in [9.17, 15) is 22.7 Å². The predicted molar refractivity (Wildman–Crippen MR) is 133 cm³/mol. The van der Waals surface area contributed by atoms with Gasteiger partial charge in [0, 0.05) is 31.2 Å². The number of anilines is 1. The molecule has 8 nitrogen and oxygen atoms in total. The molecule has 2 N–H and O–H groups in total. The van der Waals surface area contributed by atoms with Crippen LogP contribution in [0.1, 0.15) is 26.3 Å². The average molecular weight is 506 g/mol. The number of amides is 2. The largest absolute Gasteiger partial charge is 0.487 e. The van der Waals surface area contributed by atoms with Gasteiger partial charge in [-0.2, -0.15) is 4.31 Å². The van der Waals surface area contributed by atoms with Gasteiger partial charge in [0.2, 0.25) is 10.0 Å². The Bertz CT molecular complexity index is 1170. The van der Waals surface area contributed by atoms with Gasteiger partial charge in [-0.1, -0.05) is 25.1 Å². The van der Waals surface area contributed by atoms with Crippen LogP contribution in [0.2, 0.25) is 0 Å². The molecule has 0 saturated heterocycles. The van der Waals surface area contributed by atoms with Gasteiger partial charge >= 0.3 is 6.03 Å². The summed E-state index contributed by atoms with van der Waals surface area (Å²) in [5.41, 5.74) is 1.22. The molecule has 0 fully saturated rings. The minimum absolute atomic E-state index is 0.0152. The highest BCUT2D eigenvalue weighted by Crippen LogP contribution is 2.34. The van der Waals surface area contributed by atoms with E-state index in [0.717, 1.165) is 5.56 Å². The monoisotopic (exact) mass is 505 g/mol. The normalized spacial score (nSPS) is 20.9. The van der Waals surface area contributed by atoms with Gasteiger partial charge in [-0.25, -0.2) is 17.6 Å². The molecule has 1 aliphatic heterocycles. The van der Waals surface area contributed by atoms with Crippen LogP contribution < -0.4 is 10.1 Å². The lowest BCUT2D eigenvalue weighted by molar-refractivity contribution is 0.0830. The second kappa shape index (κ2) is 11.2. The van der Waals surface area contributed by atoms with Gasteiger partial charge in [-0.15, -0.1) is 0 Å². The van der Waals surface area contributed by atoms with E-state index in [1.54, 1.807) is 26.1 Å². The number of likely N-dealkylation sites (N-methyl/N-ethyl adjacent to an activating group) is 1. The molecule has 1 aliphatic rings. The summed E-state index contributed by atoms with van der Waals surface area (Å²) >= 11 is 0. The van der Waals surface area contributed by atoms with Crippen LogP contribution in [0.3, 0.4) is 0 Å². The molecule has 35 heavy (non-hydrogen) atoms. The number of nitrogens with zero attached hydrogens (tertiary/aromatic N) is 2. The van der Waals surface area contributed by atoms with E-state index >= 15 is 0 Å². The number of fused-ring (bicyclic) bond motifs is 1. The molecule has 3 rings (SSSR count). The number of benzene rings is 2. The maximum absolute atomic E-state index is 13.5. The highest BCUT2D eigenvalue weighted by Gasteiger charge is 2.38. The Morgan fingerprint density at radius 3 is 2.63 bits per heavy atom. The Balaban J connectivity index is 1.92. The number of aliphatic hydroxyl groups is 1. The van der Waals surface area contributed by atoms with Crippen LogP contribution in [-0.4, -0.2) is 67.7 Å². The minimum Gasteiger partial charge on any atom is -0.487 e. The van der Waals surface area contributed by atoms with Gasteiger partial charge in [0.15, 0.2) is 0 Å². The van der Waals surface area contributed by atoms with Crippen molar-refractivity contribution in [3.63, 3.8) is 0 Å². The van der Waals surface area contributed by atoms with Crippen molar-refractivity contribution in [2.75, 3.05) is 32.1 Å². The number of urea groups is 1. The van der Waals surface area contributed by atoms with E-state index in [0.29, 0.717) is 5.69 Å². The average Bonchev–Trinajstić information content (AvgIpc) is 2.82. The number of hydrogen-bond acceptors (Lipinski definition) is 5. The molecule has 0 saturated carbocycles. The molecule has 2 aromatic carbocycles. The molecule has 0 bridgehead atoms. The number of allylic oxidation sites excluding steroid dienone is 1. The van der Waals surface area contributed by atoms with Crippen LogP contribution in [0.15, 0.2) is 53.4 Å². The number of carbonyl (C=O) groups excluding carboxylic acids is 1. The summed E-state index contributed by atoms with van der Waals surface area (Å²) in [6.45, 7) is 5.31. The Morgan fingerprint density at radius 2 is 2.00 bits per heavy atom. The highest BCUT2D eigenvalue weighted by molar-refractivity contribution is 7.89. The Morgan fingerprint density at radius 1 is 1.31 bits per heavy atom. The zero-order chi connectivity index (χ0) is 25.8. The quantitative estimate of drug-likeness (QED) is 0.622. The summed E-state index contributed by atoms with van der Waals surface area (Å²) in [5.74, 6) is -0.515. The maximum Gasteiger partial charge on any atom is 0.321 e. The summed E-state index contributed by atoms with van der Waals surface area (Å²) < 4.78 is 47.6. The zero-order valence-electron chi connectivity index (χ0n) is 20.3. The van der Waals surface area contributed by atoms with Crippen molar-refractivity contribution >= 4 is 27.8 Å². The van der Waals surface area contributed by atoms with Crippen LogP contribution in [0, 0.1) is 11.7 Å². The van der Waals surface area contributed by atoms with Gasteiger partial charge in [0.1, 0.15) is 22.6 Å². The third-order valence-electron chi connectivity index (χ3n) is 5.95. The third-order valence-corrected chi connectivity index (χ3v) is 7.97. The summed E-state index contributed by atoms with van der Waals surface area (Å²) in [4.78, 5) is 14.2. The molecule has 10 heteroatoms. The van der Waals surface area contributed by atoms with Crippen LogP contribution >= 0.6 is 0 Å². The number of rotatable bonds is 6. The predicted octanol–water partition coefficient (Wildman–Crippen LogP) is 3.79. The Kier molecular flexibility index (Phi) is 8.52. The minimum atomic E-state index is -3.93. The fraction of sp³-hybridized carbons (Fsp3) is 0.400. The van der Waals surface area contributed by atoms with Gasteiger partial charge in [0.25, 0.3) is 0 Å². The van der Waals surface area contributed by atoms with E-state index in [1.807, 2.05) is 26.0 Å². The molecular formula is C25H32FN3O5S. The first-order valence-corrected chi connectivity index (χ1v) is 12.8. The fourth-order valence-corrected chi connectivity index (χ4v) is 5.69. The first kappa shape index (κ1) is 26.7. The van der Waals surface area contributed by atoms with Crippen molar-refractivity contribution in [3.05, 3.63) is 59.9 Å². The van der Waals surface area contributed by atoms with E-state index < -0.39 is 34.0 Å². The van der Waals surface area contributed by atoms with Crippen LogP contribution in [-0.2, 0) is 10.0 Å². The Hall–Kier alpha value is -2.95. The number of aliphatic hydroxyl groups excluding tert-OH is 1. The fourth-order valence-electron chi connectivity index (χ4n) is 3.86. The third kappa shape index (κ3) is 6.19. The molecule has 2 amide bonds. The molecule has 3 atom stereocenters. The molecule has 0 unspecified atom stereocenters. The zero-order valence-corrected chi connectivity index (χ0v) is 21.1. The van der Waals surface area contributed by atoms with E-state index in [4.69, 9.17) is 4.74 Å². The van der Waals surface area contributed by atoms with E-state index in [-0.39, 0.29) is 36.3 Å². The number of halogens is 1. The second-order valence-corrected chi connectivity index (χ2v) is 10.6. The Labute approximate surface area is 206 Å². The van der Waals surface area contributed by atoms with Crippen molar-refractivity contribution in [1.82, 2.24) is 9.21 Å². The number of sulfonamides is 1. The van der Waals surface area contributed by atoms with Gasteiger partial charge in [-0.05, 0) is 55.8 Å². The summed E-state index contributed by atoms with van der Waals surface area (Å²) in [6, 6.07) is 9.27. The van der Waals surface area contributed by atoms with Crippen molar-refractivity contribution < 1.29 is 27.4 Å². The SMILES string of the molecule is C/C=C/c1ccc2c(c1)O[C@@H](CN(C)C(=O)Nc1ccc(F)cc1)[C@@H](C)CN([C@H](C)CO)S2(=O)=O. The molecular weight excluding hydrogens is 473 g/mol. The molecule has 0 aromatic heterocycles. The van der Waals surface area contributed by atoms with E-state index in [2.05, 4.69) is 5.32 Å². The molecule has 2 aromatic rings. The molecule has 0 aliphatic carbocycles. The van der Waals surface area contributed by atoms with E-state index in [1.165, 1.54) is 39.5 Å². The summed E-state index contributed by atoms with van der Waals surface area (Å²) in [7, 11) is -2.32. The summed E-state index contributed by atoms with van der Waals surface area (Å²) in [5, 5.41) is 12.5. The smallest absolute Gasteiger partial charge is 0.321 e. The lowest BCUT2D eigenvalue weighted by Crippen LogP contribution is -2.50. The number of nitrogens with one attached hydrogen (secondary N) is 1. The maximum atomic E-state index is 13.5. The number of hydrogen-bond donors (Lipinski definition) is 2. The number of ether oxygens (including phenoxy) is 1. The second-order valence-electron chi connectivity index (χ2n) is 8.76.